The van der Waals surface area contributed by atoms with Crippen LogP contribution in [-0.2, 0) is 6.54 Å². The molecule has 0 aliphatic heterocycles. The molecule has 0 saturated carbocycles. The van der Waals surface area contributed by atoms with Gasteiger partial charge in [-0.25, -0.2) is 0 Å². The van der Waals surface area contributed by atoms with Crippen LogP contribution in [0, 0.1) is 5.92 Å². The summed E-state index contributed by atoms with van der Waals surface area (Å²) in [6.45, 7) is 5.50. The van der Waals surface area contributed by atoms with E-state index >= 15 is 0 Å². The minimum Gasteiger partial charge on any atom is -0.340 e. The zero-order chi connectivity index (χ0) is 25.8. The first-order valence-electron chi connectivity index (χ1n) is 13.4. The summed E-state index contributed by atoms with van der Waals surface area (Å²) in [6, 6.07) is 30.7. The molecular weight excluding hydrogens is 454 g/mol. The van der Waals surface area contributed by atoms with Gasteiger partial charge in [-0.15, -0.1) is 0 Å². The van der Waals surface area contributed by atoms with E-state index in [2.05, 4.69) is 48.7 Å². The van der Waals surface area contributed by atoms with Crippen LogP contribution in [0.5, 0.6) is 0 Å². The molecule has 37 heavy (non-hydrogen) atoms. The number of ketones is 2. The molecule has 4 aromatic carbocycles. The average molecular weight is 488 g/mol. The van der Waals surface area contributed by atoms with E-state index in [1.54, 1.807) is 24.3 Å². The number of unbranched alkanes of at least 4 members (excludes halogenated alkanes) is 1. The standard InChI is InChI=1S/C34H33NO2/c1-3-5-13-24(4-2)23-35-31-19-12-11-16-27(31)30-22-26(20-21-32(30)35)34(37)29-18-10-9-17-28(29)33(36)25-14-7-6-8-15-25/h6-12,14-22,24H,3-5,13,23H2,1-2H3. The molecule has 1 atom stereocenters. The Labute approximate surface area is 218 Å². The third-order valence-electron chi connectivity index (χ3n) is 7.47. The number of hydrogen-bond acceptors (Lipinski definition) is 2. The highest BCUT2D eigenvalue weighted by molar-refractivity contribution is 6.21. The Balaban J connectivity index is 1.56. The van der Waals surface area contributed by atoms with Crippen molar-refractivity contribution in [3.05, 3.63) is 119 Å². The minimum absolute atomic E-state index is 0.131. The van der Waals surface area contributed by atoms with Gasteiger partial charge in [0.1, 0.15) is 0 Å². The molecule has 0 amide bonds. The lowest BCUT2D eigenvalue weighted by atomic mass is 9.93. The second-order valence-electron chi connectivity index (χ2n) is 9.85. The van der Waals surface area contributed by atoms with Gasteiger partial charge in [-0.3, -0.25) is 9.59 Å². The predicted octanol–water partition coefficient (Wildman–Crippen LogP) is 8.47. The van der Waals surface area contributed by atoms with E-state index in [9.17, 15) is 9.59 Å². The fraction of sp³-hybridized carbons (Fsp3) is 0.235. The molecule has 5 aromatic rings. The van der Waals surface area contributed by atoms with Gasteiger partial charge in [0.15, 0.2) is 11.6 Å². The molecule has 0 aliphatic rings. The maximum atomic E-state index is 13.8. The van der Waals surface area contributed by atoms with E-state index in [0.717, 1.165) is 29.3 Å². The predicted molar refractivity (Wildman–Crippen MR) is 152 cm³/mol. The summed E-state index contributed by atoms with van der Waals surface area (Å²) in [5.41, 5.74) is 4.41. The van der Waals surface area contributed by atoms with Gasteiger partial charge in [0.25, 0.3) is 0 Å². The number of para-hydroxylation sites is 1. The van der Waals surface area contributed by atoms with Crippen LogP contribution in [0.3, 0.4) is 0 Å². The molecule has 5 rings (SSSR count). The maximum Gasteiger partial charge on any atom is 0.193 e. The first-order valence-corrected chi connectivity index (χ1v) is 13.4. The van der Waals surface area contributed by atoms with Gasteiger partial charge in [-0.05, 0) is 36.6 Å². The molecule has 3 heteroatoms. The fourth-order valence-electron chi connectivity index (χ4n) is 5.35. The Morgan fingerprint density at radius 2 is 1.30 bits per heavy atom. The van der Waals surface area contributed by atoms with Gasteiger partial charge in [-0.2, -0.15) is 0 Å². The number of carbonyl (C=O) groups excluding carboxylic acids is 2. The number of aromatic nitrogens is 1. The molecule has 0 radical (unpaired) electrons. The molecule has 0 fully saturated rings. The molecule has 186 valence electrons. The second-order valence-corrected chi connectivity index (χ2v) is 9.85. The first kappa shape index (κ1) is 24.7. The third kappa shape index (κ3) is 4.86. The Hall–Kier alpha value is -3.98. The lowest BCUT2D eigenvalue weighted by Crippen LogP contribution is -2.11. The quantitative estimate of drug-likeness (QED) is 0.185. The van der Waals surface area contributed by atoms with Crippen molar-refractivity contribution in [2.75, 3.05) is 0 Å². The number of hydrogen-bond donors (Lipinski definition) is 0. The van der Waals surface area contributed by atoms with Crippen molar-refractivity contribution in [2.24, 2.45) is 5.92 Å². The van der Waals surface area contributed by atoms with E-state index in [0.29, 0.717) is 28.2 Å². The number of fused-ring (bicyclic) bond motifs is 3. The smallest absolute Gasteiger partial charge is 0.193 e. The molecule has 1 aromatic heterocycles. The van der Waals surface area contributed by atoms with E-state index in [4.69, 9.17) is 0 Å². The second kappa shape index (κ2) is 11.0. The first-order chi connectivity index (χ1) is 18.1. The van der Waals surface area contributed by atoms with Crippen LogP contribution in [-0.4, -0.2) is 16.1 Å². The molecular formula is C34H33NO2. The number of carbonyl (C=O) groups is 2. The van der Waals surface area contributed by atoms with Crippen molar-refractivity contribution in [3.8, 4) is 0 Å². The summed E-state index contributed by atoms with van der Waals surface area (Å²) >= 11 is 0. The third-order valence-corrected chi connectivity index (χ3v) is 7.47. The van der Waals surface area contributed by atoms with Crippen molar-refractivity contribution >= 4 is 33.4 Å². The Kier molecular flexibility index (Phi) is 7.32. The zero-order valence-corrected chi connectivity index (χ0v) is 21.6. The maximum absolute atomic E-state index is 13.8. The number of nitrogens with zero attached hydrogens (tertiary/aromatic N) is 1. The highest BCUT2D eigenvalue weighted by Gasteiger charge is 2.21. The molecule has 0 N–H and O–H groups in total. The molecule has 3 nitrogen and oxygen atoms in total. The van der Waals surface area contributed by atoms with Crippen LogP contribution in [0.1, 0.15) is 71.4 Å². The SMILES string of the molecule is CCCCC(CC)Cn1c2ccccc2c2cc(C(=O)c3ccccc3C(=O)c3ccccc3)ccc21. The fourth-order valence-corrected chi connectivity index (χ4v) is 5.35. The molecule has 0 spiro atoms. The Morgan fingerprint density at radius 3 is 2.00 bits per heavy atom. The molecule has 0 saturated heterocycles. The van der Waals surface area contributed by atoms with Crippen molar-refractivity contribution in [1.82, 2.24) is 4.57 Å². The Morgan fingerprint density at radius 1 is 0.676 bits per heavy atom. The van der Waals surface area contributed by atoms with Crippen LogP contribution in [0.25, 0.3) is 21.8 Å². The Bertz CT molecular complexity index is 1560. The molecule has 0 bridgehead atoms. The van der Waals surface area contributed by atoms with E-state index < -0.39 is 0 Å². The van der Waals surface area contributed by atoms with Crippen LogP contribution in [0.4, 0.5) is 0 Å². The summed E-state index contributed by atoms with van der Waals surface area (Å²) in [4.78, 5) is 27.0. The lowest BCUT2D eigenvalue weighted by molar-refractivity contribution is 0.100. The van der Waals surface area contributed by atoms with Gasteiger partial charge < -0.3 is 4.57 Å². The van der Waals surface area contributed by atoms with Gasteiger partial charge in [-0.1, -0.05) is 106 Å². The lowest BCUT2D eigenvalue weighted by Gasteiger charge is -2.17. The van der Waals surface area contributed by atoms with Crippen molar-refractivity contribution in [3.63, 3.8) is 0 Å². The topological polar surface area (TPSA) is 39.1 Å². The van der Waals surface area contributed by atoms with Crippen molar-refractivity contribution < 1.29 is 9.59 Å². The van der Waals surface area contributed by atoms with Crippen LogP contribution >= 0.6 is 0 Å². The monoisotopic (exact) mass is 487 g/mol. The summed E-state index contributed by atoms with van der Waals surface area (Å²) < 4.78 is 2.43. The molecule has 1 unspecified atom stereocenters. The van der Waals surface area contributed by atoms with E-state index in [-0.39, 0.29) is 11.6 Å². The summed E-state index contributed by atoms with van der Waals surface area (Å²) in [5.74, 6) is 0.351. The van der Waals surface area contributed by atoms with Gasteiger partial charge in [0.2, 0.25) is 0 Å². The van der Waals surface area contributed by atoms with Crippen molar-refractivity contribution in [2.45, 2.75) is 46.1 Å². The average Bonchev–Trinajstić information content (AvgIpc) is 3.27. The van der Waals surface area contributed by atoms with Crippen molar-refractivity contribution in [1.29, 1.82) is 0 Å². The summed E-state index contributed by atoms with van der Waals surface area (Å²) in [6.07, 6.45) is 4.83. The minimum atomic E-state index is -0.139. The molecule has 0 aliphatic carbocycles. The van der Waals surface area contributed by atoms with Gasteiger partial charge >= 0.3 is 0 Å². The van der Waals surface area contributed by atoms with E-state index in [1.165, 1.54) is 24.8 Å². The molecule has 1 heterocycles. The van der Waals surface area contributed by atoms with E-state index in [1.807, 2.05) is 42.5 Å². The number of rotatable bonds is 10. The highest BCUT2D eigenvalue weighted by Crippen LogP contribution is 2.32. The van der Waals surface area contributed by atoms with Crippen LogP contribution in [0.15, 0.2) is 97.1 Å². The largest absolute Gasteiger partial charge is 0.340 e. The van der Waals surface area contributed by atoms with Crippen LogP contribution < -0.4 is 0 Å². The van der Waals surface area contributed by atoms with Crippen LogP contribution in [0.2, 0.25) is 0 Å². The van der Waals surface area contributed by atoms with Gasteiger partial charge in [0, 0.05) is 50.6 Å². The normalized spacial score (nSPS) is 12.2. The number of benzene rings is 4. The summed E-state index contributed by atoms with van der Waals surface area (Å²) in [7, 11) is 0. The zero-order valence-electron chi connectivity index (χ0n) is 21.6. The summed E-state index contributed by atoms with van der Waals surface area (Å²) in [5, 5.41) is 2.24. The van der Waals surface area contributed by atoms with Gasteiger partial charge in [0.05, 0.1) is 0 Å². The highest BCUT2D eigenvalue weighted by atomic mass is 16.1.